The highest BCUT2D eigenvalue weighted by molar-refractivity contribution is 7.26. The average molecular weight is 769 g/mol. The first-order valence-electron chi connectivity index (χ1n) is 20.2. The van der Waals surface area contributed by atoms with Crippen LogP contribution in [0.15, 0.2) is 218 Å². The van der Waals surface area contributed by atoms with Gasteiger partial charge in [-0.3, -0.25) is 0 Å². The van der Waals surface area contributed by atoms with Gasteiger partial charge in [0.1, 0.15) is 0 Å². The van der Waals surface area contributed by atoms with E-state index in [1.54, 1.807) is 0 Å². The van der Waals surface area contributed by atoms with Gasteiger partial charge in [-0.15, -0.1) is 11.3 Å². The van der Waals surface area contributed by atoms with Gasteiger partial charge in [-0.25, -0.2) is 0 Å². The molecule has 0 bridgehead atoms. The Morgan fingerprint density at radius 3 is 1.61 bits per heavy atom. The summed E-state index contributed by atoms with van der Waals surface area (Å²) < 4.78 is 5.08. The van der Waals surface area contributed by atoms with E-state index in [0.717, 1.165) is 22.7 Å². The maximum absolute atomic E-state index is 2.44. The maximum atomic E-state index is 2.44. The predicted molar refractivity (Wildman–Crippen MR) is 254 cm³/mol. The molecule has 12 aromatic rings. The molecule has 0 N–H and O–H groups in total. The Bertz CT molecular complexity index is 3530. The fraction of sp³-hybridized carbons (Fsp3) is 0. The van der Waals surface area contributed by atoms with Crippen LogP contribution in [0.3, 0.4) is 0 Å². The zero-order chi connectivity index (χ0) is 38.9. The first kappa shape index (κ1) is 33.7. The van der Waals surface area contributed by atoms with Crippen molar-refractivity contribution in [2.24, 2.45) is 0 Å². The molecule has 0 spiro atoms. The number of anilines is 3. The standard InChI is InChI=1S/C56H36N2S/c1-3-11-37(12-4-1)38-19-26-44(27-20-38)57(46-30-34-54-52(36-46)51-33-24-41-14-8-10-18-48(41)56(51)59-54)45-28-21-39(22-29-45)42-25-31-49-50-32-23-40-13-7-9-17-47(40)55(50)58(53(49)35-42)43-15-5-2-6-16-43/h1-36H. The zero-order valence-electron chi connectivity index (χ0n) is 32.1. The number of hydrogen-bond donors (Lipinski definition) is 0. The van der Waals surface area contributed by atoms with Crippen LogP contribution in [-0.2, 0) is 0 Å². The quantitative estimate of drug-likeness (QED) is 0.164. The second kappa shape index (κ2) is 13.6. The molecule has 59 heavy (non-hydrogen) atoms. The average Bonchev–Trinajstić information content (AvgIpc) is 3.86. The normalized spacial score (nSPS) is 11.7. The Morgan fingerprint density at radius 1 is 0.339 bits per heavy atom. The Kier molecular flexibility index (Phi) is 7.75. The lowest BCUT2D eigenvalue weighted by Crippen LogP contribution is -2.09. The minimum atomic E-state index is 1.11. The van der Waals surface area contributed by atoms with Crippen LogP contribution in [0.1, 0.15) is 0 Å². The molecule has 276 valence electrons. The number of hydrogen-bond acceptors (Lipinski definition) is 2. The molecule has 0 fully saturated rings. The summed E-state index contributed by atoms with van der Waals surface area (Å²) in [7, 11) is 0. The van der Waals surface area contributed by atoms with Crippen LogP contribution < -0.4 is 4.90 Å². The maximum Gasteiger partial charge on any atom is 0.0619 e. The summed E-state index contributed by atoms with van der Waals surface area (Å²) in [6.07, 6.45) is 0. The molecule has 0 aliphatic rings. The number of rotatable bonds is 6. The lowest BCUT2D eigenvalue weighted by Gasteiger charge is -2.26. The molecule has 0 aliphatic carbocycles. The third kappa shape index (κ3) is 5.55. The van der Waals surface area contributed by atoms with Gasteiger partial charge >= 0.3 is 0 Å². The van der Waals surface area contributed by atoms with Gasteiger partial charge < -0.3 is 9.47 Å². The van der Waals surface area contributed by atoms with Crippen LogP contribution in [0.2, 0.25) is 0 Å². The second-order valence-electron chi connectivity index (χ2n) is 15.3. The molecule has 0 saturated heterocycles. The van der Waals surface area contributed by atoms with Gasteiger partial charge in [0.2, 0.25) is 0 Å². The minimum absolute atomic E-state index is 1.11. The topological polar surface area (TPSA) is 8.17 Å². The monoisotopic (exact) mass is 768 g/mol. The Hall–Kier alpha value is -7.46. The highest BCUT2D eigenvalue weighted by Gasteiger charge is 2.18. The van der Waals surface area contributed by atoms with Gasteiger partial charge in [0, 0.05) is 59.1 Å². The van der Waals surface area contributed by atoms with E-state index < -0.39 is 0 Å². The number of thiophene rings is 1. The summed E-state index contributed by atoms with van der Waals surface area (Å²) in [5.41, 5.74) is 11.7. The summed E-state index contributed by atoms with van der Waals surface area (Å²) in [5.74, 6) is 0. The highest BCUT2D eigenvalue weighted by atomic mass is 32.1. The van der Waals surface area contributed by atoms with Crippen molar-refractivity contribution in [3.8, 4) is 27.9 Å². The first-order chi connectivity index (χ1) is 29.2. The van der Waals surface area contributed by atoms with Crippen LogP contribution >= 0.6 is 11.3 Å². The van der Waals surface area contributed by atoms with Crippen molar-refractivity contribution < 1.29 is 0 Å². The molecule has 0 aliphatic heterocycles. The van der Waals surface area contributed by atoms with Gasteiger partial charge in [0.15, 0.2) is 0 Å². The van der Waals surface area contributed by atoms with E-state index >= 15 is 0 Å². The fourth-order valence-corrected chi connectivity index (χ4v) is 10.3. The van der Waals surface area contributed by atoms with Crippen molar-refractivity contribution >= 4 is 91.9 Å². The van der Waals surface area contributed by atoms with Gasteiger partial charge in [0.05, 0.1) is 11.0 Å². The number of benzene rings is 10. The molecule has 10 aromatic carbocycles. The molecule has 2 aromatic heterocycles. The molecule has 0 unspecified atom stereocenters. The van der Waals surface area contributed by atoms with Crippen LogP contribution in [0.5, 0.6) is 0 Å². The van der Waals surface area contributed by atoms with Crippen molar-refractivity contribution in [2.75, 3.05) is 4.90 Å². The van der Waals surface area contributed by atoms with Crippen molar-refractivity contribution in [3.63, 3.8) is 0 Å². The van der Waals surface area contributed by atoms with Crippen molar-refractivity contribution in [2.45, 2.75) is 0 Å². The summed E-state index contributed by atoms with van der Waals surface area (Å²) in [4.78, 5) is 2.39. The van der Waals surface area contributed by atoms with E-state index in [0.29, 0.717) is 0 Å². The lowest BCUT2D eigenvalue weighted by molar-refractivity contribution is 1.19. The summed E-state index contributed by atoms with van der Waals surface area (Å²) >= 11 is 1.88. The van der Waals surface area contributed by atoms with E-state index in [1.165, 1.54) is 85.8 Å². The van der Waals surface area contributed by atoms with Crippen molar-refractivity contribution in [1.29, 1.82) is 0 Å². The summed E-state index contributed by atoms with van der Waals surface area (Å²) in [6, 6.07) is 79.9. The Morgan fingerprint density at radius 2 is 0.881 bits per heavy atom. The van der Waals surface area contributed by atoms with Gasteiger partial charge in [0.25, 0.3) is 0 Å². The third-order valence-corrected chi connectivity index (χ3v) is 13.2. The van der Waals surface area contributed by atoms with E-state index in [1.807, 2.05) is 11.3 Å². The van der Waals surface area contributed by atoms with Gasteiger partial charge in [-0.05, 0) is 99.1 Å². The zero-order valence-corrected chi connectivity index (χ0v) is 32.9. The van der Waals surface area contributed by atoms with Crippen molar-refractivity contribution in [1.82, 2.24) is 4.57 Å². The number of fused-ring (bicyclic) bond motifs is 10. The SMILES string of the molecule is c1ccc(-c2ccc(N(c3ccc(-c4ccc5c6ccc7ccccc7c6n(-c6ccccc6)c5c4)cc3)c3ccc4sc5c6ccccc6ccc5c4c3)cc2)cc1. The van der Waals surface area contributed by atoms with E-state index in [4.69, 9.17) is 0 Å². The smallest absolute Gasteiger partial charge is 0.0619 e. The minimum Gasteiger partial charge on any atom is -0.310 e. The van der Waals surface area contributed by atoms with Crippen molar-refractivity contribution in [3.05, 3.63) is 218 Å². The van der Waals surface area contributed by atoms with Crippen LogP contribution in [0, 0.1) is 0 Å². The Balaban J connectivity index is 0.994. The largest absolute Gasteiger partial charge is 0.310 e. The molecule has 0 amide bonds. The summed E-state index contributed by atoms with van der Waals surface area (Å²) in [5, 5.41) is 10.2. The molecule has 3 heteroatoms. The number of nitrogens with zero attached hydrogens (tertiary/aromatic N) is 2. The molecule has 0 atom stereocenters. The molecule has 0 saturated carbocycles. The second-order valence-corrected chi connectivity index (χ2v) is 16.4. The van der Waals surface area contributed by atoms with Crippen LogP contribution in [0.25, 0.3) is 91.5 Å². The molecule has 0 radical (unpaired) electrons. The lowest BCUT2D eigenvalue weighted by atomic mass is 10.0. The fourth-order valence-electron chi connectivity index (χ4n) is 9.12. The summed E-state index contributed by atoms with van der Waals surface area (Å²) in [6.45, 7) is 0. The van der Waals surface area contributed by atoms with Gasteiger partial charge in [-0.1, -0.05) is 158 Å². The first-order valence-corrected chi connectivity index (χ1v) is 21.0. The van der Waals surface area contributed by atoms with E-state index in [-0.39, 0.29) is 0 Å². The third-order valence-electron chi connectivity index (χ3n) is 12.0. The van der Waals surface area contributed by atoms with Gasteiger partial charge in [-0.2, -0.15) is 0 Å². The van der Waals surface area contributed by atoms with E-state index in [9.17, 15) is 0 Å². The molecular formula is C56H36N2S. The molecule has 2 nitrogen and oxygen atoms in total. The van der Waals surface area contributed by atoms with Crippen LogP contribution in [0.4, 0.5) is 17.1 Å². The highest BCUT2D eigenvalue weighted by Crippen LogP contribution is 2.44. The number of para-hydroxylation sites is 1. The number of aromatic nitrogens is 1. The molecule has 12 rings (SSSR count). The molecule has 2 heterocycles. The predicted octanol–water partition coefficient (Wildman–Crippen LogP) is 16.3. The van der Waals surface area contributed by atoms with E-state index in [2.05, 4.69) is 228 Å². The van der Waals surface area contributed by atoms with Crippen LogP contribution in [-0.4, -0.2) is 4.57 Å². The Labute approximate surface area is 346 Å². The molecular weight excluding hydrogens is 733 g/mol.